The molecule has 9 heteroatoms. The normalized spacial score (nSPS) is 15.1. The number of likely N-dealkylation sites (N-methyl/N-ethyl adjacent to an activating group) is 1. The maximum absolute atomic E-state index is 12.9. The molecule has 0 rings (SSSR count). The van der Waals surface area contributed by atoms with Crippen molar-refractivity contribution in [2.45, 2.75) is 193 Å². The van der Waals surface area contributed by atoms with Gasteiger partial charge in [-0.15, -0.1) is 0 Å². The van der Waals surface area contributed by atoms with Crippen molar-refractivity contribution in [1.82, 2.24) is 5.32 Å². The Bertz CT molecular complexity index is 1560. The molecule has 0 heterocycles. The fourth-order valence-electron chi connectivity index (χ4n) is 6.67. The van der Waals surface area contributed by atoms with Gasteiger partial charge in [0.1, 0.15) is 13.2 Å². The van der Waals surface area contributed by atoms with E-state index in [0.717, 1.165) is 116 Å². The Hall–Kier alpha value is -3.36. The molecule has 0 aromatic carbocycles. The second-order valence-electron chi connectivity index (χ2n) is 18.5. The standard InChI is InChI=1S/C59H99N2O6P/c1-6-8-10-12-14-16-18-20-21-22-23-24-25-26-27-28-29-30-31-32-33-34-35-36-37-38-39-41-43-45-47-49-51-53-59(63)60-57(56-67-68(64,65)66-55-54-61(3,4)5)58(62)52-50-48-46-44-42-40-19-17-15-13-11-9-7-2/h8,10,14-17,20-21,23-24,26-27,29-30,32-33,35-36,42,44,50,52,57-58,62H,6-7,9,11-13,18-19,22,25,28,31,34,37-41,43,45-49,51,53-56H2,1-5H3,(H-,60,63,64,65)/b10-8-,16-14-,17-15+,21-20-,24-23-,27-26-,30-29-,33-32-,36-35-,44-42+,52-50+. The monoisotopic (exact) mass is 963 g/mol. The summed E-state index contributed by atoms with van der Waals surface area (Å²) in [5, 5.41) is 13.8. The molecule has 0 aliphatic heterocycles. The molecule has 0 saturated carbocycles. The Morgan fingerprint density at radius 3 is 1.37 bits per heavy atom. The van der Waals surface area contributed by atoms with Gasteiger partial charge in [-0.3, -0.25) is 9.36 Å². The van der Waals surface area contributed by atoms with Crippen LogP contribution in [-0.4, -0.2) is 68.5 Å². The average Bonchev–Trinajstić information content (AvgIpc) is 3.30. The van der Waals surface area contributed by atoms with Crippen LogP contribution in [0.15, 0.2) is 134 Å². The van der Waals surface area contributed by atoms with Crippen molar-refractivity contribution in [2.24, 2.45) is 0 Å². The molecule has 2 N–H and O–H groups in total. The summed E-state index contributed by atoms with van der Waals surface area (Å²) in [7, 11) is 1.20. The van der Waals surface area contributed by atoms with Gasteiger partial charge in [0.2, 0.25) is 5.91 Å². The van der Waals surface area contributed by atoms with E-state index in [0.29, 0.717) is 17.4 Å². The lowest BCUT2D eigenvalue weighted by molar-refractivity contribution is -0.870. The first-order chi connectivity index (χ1) is 33.0. The maximum atomic E-state index is 12.9. The molecule has 3 atom stereocenters. The zero-order chi connectivity index (χ0) is 49.9. The van der Waals surface area contributed by atoms with E-state index in [9.17, 15) is 19.4 Å². The fraction of sp³-hybridized carbons (Fsp3) is 0.610. The minimum absolute atomic E-state index is 0.0182. The Labute approximate surface area is 417 Å². The van der Waals surface area contributed by atoms with Crippen LogP contribution in [0.5, 0.6) is 0 Å². The number of hydrogen-bond acceptors (Lipinski definition) is 6. The maximum Gasteiger partial charge on any atom is 0.268 e. The highest BCUT2D eigenvalue weighted by Gasteiger charge is 2.23. The first-order valence-corrected chi connectivity index (χ1v) is 28.0. The average molecular weight is 963 g/mol. The molecule has 0 aliphatic carbocycles. The summed E-state index contributed by atoms with van der Waals surface area (Å²) in [6.07, 6.45) is 73.8. The van der Waals surface area contributed by atoms with Gasteiger partial charge in [-0.25, -0.2) is 0 Å². The summed E-state index contributed by atoms with van der Waals surface area (Å²) in [5.74, 6) is -0.228. The van der Waals surface area contributed by atoms with Gasteiger partial charge in [-0.2, -0.15) is 0 Å². The summed E-state index contributed by atoms with van der Waals surface area (Å²) in [6.45, 7) is 4.43. The third kappa shape index (κ3) is 50.5. The molecule has 8 nitrogen and oxygen atoms in total. The van der Waals surface area contributed by atoms with Crippen LogP contribution in [0.4, 0.5) is 0 Å². The van der Waals surface area contributed by atoms with E-state index in [1.54, 1.807) is 6.08 Å². The number of quaternary nitrogens is 1. The number of nitrogens with zero attached hydrogens (tertiary/aromatic N) is 1. The predicted molar refractivity (Wildman–Crippen MR) is 292 cm³/mol. The summed E-state index contributed by atoms with van der Waals surface area (Å²) in [5.41, 5.74) is 0. The highest BCUT2D eigenvalue weighted by molar-refractivity contribution is 7.45. The van der Waals surface area contributed by atoms with Crippen molar-refractivity contribution >= 4 is 13.7 Å². The van der Waals surface area contributed by atoms with Crippen molar-refractivity contribution in [3.63, 3.8) is 0 Å². The van der Waals surface area contributed by atoms with Crippen LogP contribution in [-0.2, 0) is 18.4 Å². The number of carbonyl (C=O) groups excluding carboxylic acids is 1. The highest BCUT2D eigenvalue weighted by atomic mass is 31.2. The molecule has 0 aromatic heterocycles. The molecule has 0 aliphatic rings. The number of aliphatic hydroxyl groups excluding tert-OH is 1. The number of nitrogens with one attached hydrogen (secondary N) is 1. The molecule has 68 heavy (non-hydrogen) atoms. The van der Waals surface area contributed by atoms with Crippen molar-refractivity contribution in [3.8, 4) is 0 Å². The summed E-state index contributed by atoms with van der Waals surface area (Å²) >= 11 is 0. The van der Waals surface area contributed by atoms with Crippen LogP contribution in [0, 0.1) is 0 Å². The molecule has 0 bridgehead atoms. The van der Waals surface area contributed by atoms with Crippen molar-refractivity contribution < 1.29 is 32.9 Å². The summed E-state index contributed by atoms with van der Waals surface area (Å²) < 4.78 is 23.2. The Morgan fingerprint density at radius 1 is 0.529 bits per heavy atom. The summed E-state index contributed by atoms with van der Waals surface area (Å²) in [4.78, 5) is 25.4. The largest absolute Gasteiger partial charge is 0.756 e. The van der Waals surface area contributed by atoms with Crippen molar-refractivity contribution in [3.05, 3.63) is 134 Å². The molecule has 386 valence electrons. The molecular formula is C59H99N2O6P. The van der Waals surface area contributed by atoms with Gasteiger partial charge >= 0.3 is 0 Å². The quantitative estimate of drug-likeness (QED) is 0.0272. The van der Waals surface area contributed by atoms with Crippen molar-refractivity contribution in [2.75, 3.05) is 40.9 Å². The number of amides is 1. The van der Waals surface area contributed by atoms with E-state index < -0.39 is 26.6 Å². The van der Waals surface area contributed by atoms with Gasteiger partial charge < -0.3 is 28.8 Å². The zero-order valence-corrected chi connectivity index (χ0v) is 44.6. The minimum Gasteiger partial charge on any atom is -0.756 e. The predicted octanol–water partition coefficient (Wildman–Crippen LogP) is 15.3. The van der Waals surface area contributed by atoms with E-state index >= 15 is 0 Å². The van der Waals surface area contributed by atoms with Crippen LogP contribution in [0.2, 0.25) is 0 Å². The number of unbranched alkanes of at least 4 members (excludes halogenated alkanes) is 13. The topological polar surface area (TPSA) is 108 Å². The Balaban J connectivity index is 4.25. The summed E-state index contributed by atoms with van der Waals surface area (Å²) in [6, 6.07) is -0.923. The Kier molecular flexibility index (Phi) is 46.3. The van der Waals surface area contributed by atoms with Crippen molar-refractivity contribution in [1.29, 1.82) is 0 Å². The van der Waals surface area contributed by atoms with Gasteiger partial charge in [0.25, 0.3) is 7.82 Å². The molecule has 0 saturated heterocycles. The second-order valence-corrected chi connectivity index (χ2v) is 19.9. The SMILES string of the molecule is CC/C=C\C/C=C\C/C=C\C/C=C\C/C=C\C/C=C\C/C=C\C/C=C\CCCCCCCCCCC(=O)NC(COP(=O)([O-])OCC[N+](C)(C)C)C(O)/C=C/CC/C=C/CC/C=C/CCCCC. The van der Waals surface area contributed by atoms with Crippen LogP contribution >= 0.6 is 7.82 Å². The smallest absolute Gasteiger partial charge is 0.268 e. The number of hydrogen-bond donors (Lipinski definition) is 2. The van der Waals surface area contributed by atoms with E-state index in [-0.39, 0.29) is 12.5 Å². The third-order valence-electron chi connectivity index (χ3n) is 10.8. The van der Waals surface area contributed by atoms with Crippen LogP contribution < -0.4 is 10.2 Å². The van der Waals surface area contributed by atoms with Gasteiger partial charge in [0.05, 0.1) is 39.9 Å². The van der Waals surface area contributed by atoms with Crippen LogP contribution in [0.3, 0.4) is 0 Å². The lowest BCUT2D eigenvalue weighted by atomic mass is 10.1. The number of phosphoric acid groups is 1. The first-order valence-electron chi connectivity index (χ1n) is 26.5. The molecule has 0 aromatic rings. The molecule has 0 radical (unpaired) electrons. The zero-order valence-electron chi connectivity index (χ0n) is 43.7. The number of phosphoric ester groups is 1. The highest BCUT2D eigenvalue weighted by Crippen LogP contribution is 2.38. The van der Waals surface area contributed by atoms with E-state index in [1.165, 1.54) is 44.9 Å². The molecular weight excluding hydrogens is 864 g/mol. The third-order valence-corrected chi connectivity index (χ3v) is 11.8. The van der Waals surface area contributed by atoms with E-state index in [2.05, 4.69) is 141 Å². The van der Waals surface area contributed by atoms with Gasteiger partial charge in [0.15, 0.2) is 0 Å². The lowest BCUT2D eigenvalue weighted by Crippen LogP contribution is -2.45. The molecule has 1 amide bonds. The fourth-order valence-corrected chi connectivity index (χ4v) is 7.39. The number of aliphatic hydroxyl groups is 1. The lowest BCUT2D eigenvalue weighted by Gasteiger charge is -2.29. The van der Waals surface area contributed by atoms with Gasteiger partial charge in [0, 0.05) is 6.42 Å². The number of carbonyl (C=O) groups is 1. The molecule has 0 spiro atoms. The number of rotatable bonds is 46. The van der Waals surface area contributed by atoms with E-state index in [1.807, 2.05) is 27.2 Å². The van der Waals surface area contributed by atoms with E-state index in [4.69, 9.17) is 9.05 Å². The van der Waals surface area contributed by atoms with Crippen LogP contribution in [0.1, 0.15) is 181 Å². The Morgan fingerprint density at radius 2 is 0.912 bits per heavy atom. The number of allylic oxidation sites excluding steroid dienone is 21. The van der Waals surface area contributed by atoms with Gasteiger partial charge in [-0.1, -0.05) is 199 Å². The van der Waals surface area contributed by atoms with Crippen LogP contribution in [0.25, 0.3) is 0 Å². The van der Waals surface area contributed by atoms with Gasteiger partial charge in [-0.05, 0) is 109 Å². The first kappa shape index (κ1) is 64.6. The second kappa shape index (κ2) is 48.7. The minimum atomic E-state index is -4.61. The molecule has 3 unspecified atom stereocenters. The molecule has 0 fully saturated rings.